The zero-order chi connectivity index (χ0) is 14.6. The number of carbonyl (C=O) groups excluding carboxylic acids is 1. The Morgan fingerprint density at radius 2 is 2.11 bits per heavy atom. The van der Waals surface area contributed by atoms with Crippen LogP contribution in [0.2, 0.25) is 0 Å². The molecule has 5 heteroatoms. The van der Waals surface area contributed by atoms with Crippen LogP contribution < -0.4 is 5.73 Å². The molecule has 0 saturated carbocycles. The van der Waals surface area contributed by atoms with Crippen molar-refractivity contribution in [1.29, 1.82) is 0 Å². The summed E-state index contributed by atoms with van der Waals surface area (Å²) in [5.74, 6) is -0.0275. The first-order valence-corrected chi connectivity index (χ1v) is 7.37. The zero-order valence-corrected chi connectivity index (χ0v) is 13.6. The van der Waals surface area contributed by atoms with Gasteiger partial charge in [0.15, 0.2) is 0 Å². The third kappa shape index (κ3) is 4.72. The first-order valence-electron chi connectivity index (χ1n) is 6.29. The van der Waals surface area contributed by atoms with Crippen LogP contribution in [0.3, 0.4) is 0 Å². The van der Waals surface area contributed by atoms with Crippen LogP contribution in [0, 0.1) is 15.3 Å². The molecular weight excluding hydrogens is 358 g/mol. The minimum atomic E-state index is -0.328. The van der Waals surface area contributed by atoms with E-state index in [1.165, 1.54) is 18.2 Å². The quantitative estimate of drug-likeness (QED) is 0.801. The predicted molar refractivity (Wildman–Crippen MR) is 83.5 cm³/mol. The Kier molecular flexibility index (Phi) is 6.19. The van der Waals surface area contributed by atoms with Crippen LogP contribution in [-0.2, 0) is 0 Å². The average molecular weight is 378 g/mol. The van der Waals surface area contributed by atoms with Crippen molar-refractivity contribution in [1.82, 2.24) is 4.90 Å². The van der Waals surface area contributed by atoms with Gasteiger partial charge in [-0.1, -0.05) is 13.8 Å². The molecule has 0 aliphatic carbocycles. The van der Waals surface area contributed by atoms with E-state index in [0.29, 0.717) is 21.6 Å². The highest BCUT2D eigenvalue weighted by molar-refractivity contribution is 14.1. The lowest BCUT2D eigenvalue weighted by Crippen LogP contribution is -2.34. The number of rotatable bonds is 5. The molecule has 0 heterocycles. The Morgan fingerprint density at radius 1 is 1.47 bits per heavy atom. The molecule has 2 N–H and O–H groups in total. The Morgan fingerprint density at radius 3 is 2.63 bits per heavy atom. The molecule has 0 aliphatic rings. The second kappa shape index (κ2) is 7.19. The highest BCUT2D eigenvalue weighted by atomic mass is 127. The first-order chi connectivity index (χ1) is 8.82. The SMILES string of the molecule is CC(C)C(N)CCN(C)C(=O)c1ccc(F)cc1I. The van der Waals surface area contributed by atoms with Crippen LogP contribution in [0.5, 0.6) is 0 Å². The van der Waals surface area contributed by atoms with Crippen molar-refractivity contribution < 1.29 is 9.18 Å². The van der Waals surface area contributed by atoms with Gasteiger partial charge in [0.2, 0.25) is 0 Å². The molecule has 1 aromatic carbocycles. The summed E-state index contributed by atoms with van der Waals surface area (Å²) in [6.45, 7) is 4.73. The predicted octanol–water partition coefficient (Wildman–Crippen LogP) is 2.88. The van der Waals surface area contributed by atoms with E-state index in [1.807, 2.05) is 22.6 Å². The molecule has 0 aromatic heterocycles. The van der Waals surface area contributed by atoms with E-state index in [1.54, 1.807) is 11.9 Å². The zero-order valence-electron chi connectivity index (χ0n) is 11.5. The fraction of sp³-hybridized carbons (Fsp3) is 0.500. The molecule has 1 unspecified atom stereocenters. The third-order valence-corrected chi connectivity index (χ3v) is 4.05. The van der Waals surface area contributed by atoms with E-state index in [2.05, 4.69) is 13.8 Å². The maximum absolute atomic E-state index is 13.0. The molecule has 3 nitrogen and oxygen atoms in total. The molecule has 1 rings (SSSR count). The van der Waals surface area contributed by atoms with E-state index in [0.717, 1.165) is 6.42 Å². The molecule has 106 valence electrons. The fourth-order valence-corrected chi connectivity index (χ4v) is 2.35. The van der Waals surface area contributed by atoms with Gasteiger partial charge in [-0.3, -0.25) is 4.79 Å². The summed E-state index contributed by atoms with van der Waals surface area (Å²) in [5, 5.41) is 0. The van der Waals surface area contributed by atoms with Crippen LogP contribution in [-0.4, -0.2) is 30.4 Å². The second-order valence-corrected chi connectivity index (χ2v) is 6.21. The Labute approximate surface area is 127 Å². The first kappa shape index (κ1) is 16.4. The van der Waals surface area contributed by atoms with Crippen LogP contribution in [0.1, 0.15) is 30.6 Å². The molecule has 0 saturated heterocycles. The summed E-state index contributed by atoms with van der Waals surface area (Å²) in [4.78, 5) is 13.9. The number of amides is 1. The van der Waals surface area contributed by atoms with E-state index in [9.17, 15) is 9.18 Å². The van der Waals surface area contributed by atoms with Crippen LogP contribution >= 0.6 is 22.6 Å². The molecule has 1 aromatic rings. The molecule has 0 spiro atoms. The number of benzene rings is 1. The van der Waals surface area contributed by atoms with Crippen molar-refractivity contribution in [2.45, 2.75) is 26.3 Å². The van der Waals surface area contributed by atoms with E-state index in [-0.39, 0.29) is 17.8 Å². The largest absolute Gasteiger partial charge is 0.342 e. The summed E-state index contributed by atoms with van der Waals surface area (Å²) in [7, 11) is 1.74. The number of hydrogen-bond acceptors (Lipinski definition) is 2. The lowest BCUT2D eigenvalue weighted by atomic mass is 10.0. The number of carbonyl (C=O) groups is 1. The van der Waals surface area contributed by atoms with Gasteiger partial charge in [-0.15, -0.1) is 0 Å². The third-order valence-electron chi connectivity index (χ3n) is 3.16. The fourth-order valence-electron chi connectivity index (χ4n) is 1.65. The highest BCUT2D eigenvalue weighted by Crippen LogP contribution is 2.16. The number of nitrogens with two attached hydrogens (primary N) is 1. The van der Waals surface area contributed by atoms with Crippen molar-refractivity contribution in [3.8, 4) is 0 Å². The number of halogens is 2. The summed E-state index contributed by atoms with van der Waals surface area (Å²) in [5.41, 5.74) is 6.49. The van der Waals surface area contributed by atoms with Crippen molar-refractivity contribution in [3.05, 3.63) is 33.1 Å². The molecular formula is C14H20FIN2O. The monoisotopic (exact) mass is 378 g/mol. The van der Waals surface area contributed by atoms with Gasteiger partial charge < -0.3 is 10.6 Å². The number of hydrogen-bond donors (Lipinski definition) is 1. The number of nitrogens with zero attached hydrogens (tertiary/aromatic N) is 1. The lowest BCUT2D eigenvalue weighted by molar-refractivity contribution is 0.0788. The van der Waals surface area contributed by atoms with Crippen LogP contribution in [0.15, 0.2) is 18.2 Å². The van der Waals surface area contributed by atoms with Gasteiger partial charge >= 0.3 is 0 Å². The Hall–Kier alpha value is -0.690. The van der Waals surface area contributed by atoms with Crippen molar-refractivity contribution in [2.75, 3.05) is 13.6 Å². The topological polar surface area (TPSA) is 46.3 Å². The van der Waals surface area contributed by atoms with Gasteiger partial charge in [0.25, 0.3) is 5.91 Å². The van der Waals surface area contributed by atoms with Crippen LogP contribution in [0.4, 0.5) is 4.39 Å². The summed E-state index contributed by atoms with van der Waals surface area (Å²) in [6, 6.07) is 4.28. The van der Waals surface area contributed by atoms with Crippen molar-refractivity contribution in [2.24, 2.45) is 11.7 Å². The summed E-state index contributed by atoms with van der Waals surface area (Å²) >= 11 is 1.97. The van der Waals surface area contributed by atoms with Crippen LogP contribution in [0.25, 0.3) is 0 Å². The van der Waals surface area contributed by atoms with E-state index in [4.69, 9.17) is 5.73 Å². The van der Waals surface area contributed by atoms with E-state index >= 15 is 0 Å². The van der Waals surface area contributed by atoms with Gasteiger partial charge in [0.05, 0.1) is 5.56 Å². The normalized spacial score (nSPS) is 12.6. The maximum Gasteiger partial charge on any atom is 0.254 e. The molecule has 1 amide bonds. The summed E-state index contributed by atoms with van der Waals surface area (Å²) in [6.07, 6.45) is 0.762. The molecule has 0 bridgehead atoms. The standard InChI is InChI=1S/C14H20FIN2O/c1-9(2)13(17)6-7-18(3)14(19)11-5-4-10(15)8-12(11)16/h4-5,8-9,13H,6-7,17H2,1-3H3. The average Bonchev–Trinajstić information content (AvgIpc) is 2.34. The van der Waals surface area contributed by atoms with Gasteiger partial charge in [-0.2, -0.15) is 0 Å². The van der Waals surface area contributed by atoms with Gasteiger partial charge in [-0.25, -0.2) is 4.39 Å². The highest BCUT2D eigenvalue weighted by Gasteiger charge is 2.16. The van der Waals surface area contributed by atoms with E-state index < -0.39 is 0 Å². The van der Waals surface area contributed by atoms with Gasteiger partial charge in [-0.05, 0) is 53.1 Å². The maximum atomic E-state index is 13.0. The van der Waals surface area contributed by atoms with Gasteiger partial charge in [0.1, 0.15) is 5.82 Å². The molecule has 1 atom stereocenters. The molecule has 0 aliphatic heterocycles. The second-order valence-electron chi connectivity index (χ2n) is 5.05. The molecule has 0 fully saturated rings. The molecule has 0 radical (unpaired) electrons. The van der Waals surface area contributed by atoms with Crippen molar-refractivity contribution >= 4 is 28.5 Å². The Balaban J connectivity index is 2.66. The summed E-state index contributed by atoms with van der Waals surface area (Å²) < 4.78 is 13.6. The van der Waals surface area contributed by atoms with Crippen molar-refractivity contribution in [3.63, 3.8) is 0 Å². The minimum Gasteiger partial charge on any atom is -0.342 e. The Bertz CT molecular complexity index is 451. The smallest absolute Gasteiger partial charge is 0.254 e. The lowest BCUT2D eigenvalue weighted by Gasteiger charge is -2.22. The van der Waals surface area contributed by atoms with Gasteiger partial charge in [0, 0.05) is 23.2 Å². The minimum absolute atomic E-state index is 0.0857. The molecule has 19 heavy (non-hydrogen) atoms.